The molecule has 2 bridgehead atoms. The van der Waals surface area contributed by atoms with Crippen molar-refractivity contribution in [3.63, 3.8) is 0 Å². The van der Waals surface area contributed by atoms with Gasteiger partial charge in [-0.1, -0.05) is 0 Å². The van der Waals surface area contributed by atoms with Gasteiger partial charge in [0, 0.05) is 49.9 Å². The summed E-state index contributed by atoms with van der Waals surface area (Å²) in [6.07, 6.45) is 8.63. The second kappa shape index (κ2) is 6.95. The Bertz CT molecular complexity index is 736. The minimum absolute atomic E-state index is 0.224. The quantitative estimate of drug-likeness (QED) is 0.893. The van der Waals surface area contributed by atoms with Crippen molar-refractivity contribution in [2.24, 2.45) is 5.92 Å². The normalized spacial score (nSPS) is 22.9. The van der Waals surface area contributed by atoms with E-state index in [0.29, 0.717) is 23.9 Å². The Morgan fingerprint density at radius 2 is 2.20 bits per heavy atom. The molecule has 0 spiro atoms. The van der Waals surface area contributed by atoms with Crippen LogP contribution in [0.4, 0.5) is 10.9 Å². The molecule has 3 fully saturated rings. The fraction of sp³-hybridized carbons (Fsp3) is 0.529. The number of aromatic nitrogens is 3. The van der Waals surface area contributed by atoms with Crippen LogP contribution >= 0.6 is 11.3 Å². The van der Waals surface area contributed by atoms with Crippen molar-refractivity contribution >= 4 is 28.2 Å². The summed E-state index contributed by atoms with van der Waals surface area (Å²) in [7, 11) is 0. The summed E-state index contributed by atoms with van der Waals surface area (Å²) in [5.41, 5.74) is 6.58. The van der Waals surface area contributed by atoms with Gasteiger partial charge in [0.1, 0.15) is 5.82 Å². The highest BCUT2D eigenvalue weighted by Crippen LogP contribution is 2.30. The molecule has 2 aromatic heterocycles. The maximum absolute atomic E-state index is 12.8. The van der Waals surface area contributed by atoms with Crippen molar-refractivity contribution in [3.05, 3.63) is 29.7 Å². The Morgan fingerprint density at radius 1 is 1.28 bits per heavy atom. The molecule has 3 aliphatic rings. The Hall–Kier alpha value is -2.22. The van der Waals surface area contributed by atoms with Crippen LogP contribution in [-0.2, 0) is 11.2 Å². The first-order chi connectivity index (χ1) is 12.2. The van der Waals surface area contributed by atoms with E-state index >= 15 is 0 Å². The van der Waals surface area contributed by atoms with Crippen molar-refractivity contribution in [3.8, 4) is 0 Å². The Morgan fingerprint density at radius 3 is 2.96 bits per heavy atom. The first-order valence-electron chi connectivity index (χ1n) is 8.69. The van der Waals surface area contributed by atoms with Crippen LogP contribution in [0.15, 0.2) is 24.0 Å². The van der Waals surface area contributed by atoms with Crippen LogP contribution in [0.25, 0.3) is 0 Å². The van der Waals surface area contributed by atoms with Crippen molar-refractivity contribution in [1.82, 2.24) is 19.9 Å². The van der Waals surface area contributed by atoms with E-state index in [0.717, 1.165) is 37.6 Å². The lowest BCUT2D eigenvalue weighted by Gasteiger charge is -2.36. The lowest BCUT2D eigenvalue weighted by Crippen LogP contribution is -2.47. The number of thiazole rings is 1. The van der Waals surface area contributed by atoms with Gasteiger partial charge in [0.05, 0.1) is 11.9 Å². The van der Waals surface area contributed by atoms with Crippen molar-refractivity contribution in [2.45, 2.75) is 31.7 Å². The van der Waals surface area contributed by atoms with Crippen LogP contribution in [0.3, 0.4) is 0 Å². The molecular formula is C17H22N6OS. The van der Waals surface area contributed by atoms with Crippen LogP contribution < -0.4 is 10.6 Å². The maximum atomic E-state index is 12.8. The number of rotatable bonds is 4. The number of amides is 1. The Balaban J connectivity index is 1.42. The molecule has 2 N–H and O–H groups in total. The van der Waals surface area contributed by atoms with Gasteiger partial charge in [-0.25, -0.2) is 9.97 Å². The first-order valence-corrected chi connectivity index (χ1v) is 9.57. The molecule has 0 aromatic carbocycles. The zero-order chi connectivity index (χ0) is 17.2. The van der Waals surface area contributed by atoms with Crippen LogP contribution in [0, 0.1) is 5.92 Å². The number of carbonyl (C=O) groups is 1. The summed E-state index contributed by atoms with van der Waals surface area (Å²) in [5.74, 6) is 1.63. The predicted octanol–water partition coefficient (Wildman–Crippen LogP) is 1.58. The second-order valence-electron chi connectivity index (χ2n) is 6.79. The number of carbonyl (C=O) groups excluding carboxylic acids is 1. The summed E-state index contributed by atoms with van der Waals surface area (Å²) < 4.78 is 0. The summed E-state index contributed by atoms with van der Waals surface area (Å²) in [4.78, 5) is 30.0. The molecule has 5 rings (SSSR count). The molecule has 2 aromatic rings. The minimum atomic E-state index is 0.224. The van der Waals surface area contributed by atoms with Gasteiger partial charge in [0.25, 0.3) is 0 Å². The Kier molecular flexibility index (Phi) is 4.52. The molecule has 0 aliphatic carbocycles. The van der Waals surface area contributed by atoms with Gasteiger partial charge in [0.15, 0.2) is 5.13 Å². The maximum Gasteiger partial charge on any atom is 0.223 e. The molecule has 8 heteroatoms. The topological polar surface area (TPSA) is 88.2 Å². The van der Waals surface area contributed by atoms with Crippen LogP contribution in [0.5, 0.6) is 0 Å². The SMILES string of the molecule is Nc1nc(CCC(=O)N2C[C@H]3CC[C@@H]2CN(c2cnccn2)C3)cs1. The minimum Gasteiger partial charge on any atom is -0.375 e. The molecule has 0 saturated carbocycles. The molecule has 5 heterocycles. The highest BCUT2D eigenvalue weighted by molar-refractivity contribution is 7.13. The number of aryl methyl sites for hydroxylation is 1. The largest absolute Gasteiger partial charge is 0.375 e. The van der Waals surface area contributed by atoms with E-state index in [1.54, 1.807) is 12.4 Å². The summed E-state index contributed by atoms with van der Waals surface area (Å²) in [6.45, 7) is 2.63. The van der Waals surface area contributed by atoms with E-state index < -0.39 is 0 Å². The molecule has 1 amide bonds. The number of hydrogen-bond donors (Lipinski definition) is 1. The molecular weight excluding hydrogens is 336 g/mol. The number of nitrogen functional groups attached to an aromatic ring is 1. The smallest absolute Gasteiger partial charge is 0.223 e. The number of piperidine rings is 1. The van der Waals surface area contributed by atoms with E-state index in [9.17, 15) is 4.79 Å². The van der Waals surface area contributed by atoms with E-state index in [1.165, 1.54) is 17.8 Å². The standard InChI is InChI=1S/C17H22N6OS/c18-17-21-13(11-25-17)2-4-16(24)23-9-12-1-3-14(23)10-22(8-12)15-7-19-5-6-20-15/h5-7,11-12,14H,1-4,8-10H2,(H2,18,21)/t12-,14+/m0/s1. The molecule has 25 heavy (non-hydrogen) atoms. The number of fused-ring (bicyclic) bond motifs is 4. The zero-order valence-electron chi connectivity index (χ0n) is 14.0. The average Bonchev–Trinajstić information content (AvgIpc) is 2.85. The van der Waals surface area contributed by atoms with E-state index in [4.69, 9.17) is 5.73 Å². The molecule has 3 saturated heterocycles. The van der Waals surface area contributed by atoms with E-state index in [2.05, 4.69) is 24.8 Å². The van der Waals surface area contributed by atoms with Gasteiger partial charge >= 0.3 is 0 Å². The zero-order valence-corrected chi connectivity index (χ0v) is 14.9. The third-order valence-corrected chi connectivity index (χ3v) is 5.79. The summed E-state index contributed by atoms with van der Waals surface area (Å²) >= 11 is 1.43. The van der Waals surface area contributed by atoms with Crippen molar-refractivity contribution in [1.29, 1.82) is 0 Å². The Labute approximate surface area is 150 Å². The van der Waals surface area contributed by atoms with Crippen molar-refractivity contribution in [2.75, 3.05) is 30.3 Å². The highest BCUT2D eigenvalue weighted by Gasteiger charge is 2.37. The second-order valence-corrected chi connectivity index (χ2v) is 7.68. The lowest BCUT2D eigenvalue weighted by molar-refractivity contribution is -0.135. The van der Waals surface area contributed by atoms with Gasteiger partial charge in [-0.05, 0) is 25.2 Å². The van der Waals surface area contributed by atoms with Gasteiger partial charge in [-0.2, -0.15) is 0 Å². The predicted molar refractivity (Wildman–Crippen MR) is 97.3 cm³/mol. The molecule has 0 unspecified atom stereocenters. The summed E-state index contributed by atoms with van der Waals surface area (Å²) in [6, 6.07) is 0.258. The average molecular weight is 358 g/mol. The van der Waals surface area contributed by atoms with E-state index in [-0.39, 0.29) is 11.9 Å². The first kappa shape index (κ1) is 16.3. The van der Waals surface area contributed by atoms with E-state index in [1.807, 2.05) is 11.6 Å². The number of nitrogens with two attached hydrogens (primary N) is 1. The number of anilines is 2. The van der Waals surface area contributed by atoms with Crippen LogP contribution in [-0.4, -0.2) is 51.4 Å². The van der Waals surface area contributed by atoms with Crippen molar-refractivity contribution < 1.29 is 4.79 Å². The number of nitrogens with zero attached hydrogens (tertiary/aromatic N) is 5. The molecule has 7 nitrogen and oxygen atoms in total. The molecule has 0 radical (unpaired) electrons. The fourth-order valence-corrected chi connectivity index (χ4v) is 4.44. The molecule has 3 aliphatic heterocycles. The third kappa shape index (κ3) is 3.58. The monoisotopic (exact) mass is 358 g/mol. The fourth-order valence-electron chi connectivity index (χ4n) is 3.85. The third-order valence-electron chi connectivity index (χ3n) is 5.07. The van der Waals surface area contributed by atoms with Crippen LogP contribution in [0.2, 0.25) is 0 Å². The number of hydrogen-bond acceptors (Lipinski definition) is 7. The molecule has 2 atom stereocenters. The van der Waals surface area contributed by atoms with Gasteiger partial charge in [0.2, 0.25) is 5.91 Å². The lowest BCUT2D eigenvalue weighted by atomic mass is 9.94. The van der Waals surface area contributed by atoms with Gasteiger partial charge < -0.3 is 15.5 Å². The molecule has 132 valence electrons. The van der Waals surface area contributed by atoms with Gasteiger partial charge in [-0.3, -0.25) is 9.78 Å². The van der Waals surface area contributed by atoms with Gasteiger partial charge in [-0.15, -0.1) is 11.3 Å². The van der Waals surface area contributed by atoms with Crippen LogP contribution in [0.1, 0.15) is 25.0 Å². The summed E-state index contributed by atoms with van der Waals surface area (Å²) in [5, 5.41) is 2.50. The highest BCUT2D eigenvalue weighted by atomic mass is 32.1.